The first-order valence-electron chi connectivity index (χ1n) is 4.91. The van der Waals surface area contributed by atoms with Crippen molar-refractivity contribution in [2.45, 2.75) is 44.9 Å². The van der Waals surface area contributed by atoms with Crippen LogP contribution in [0.4, 0.5) is 0 Å². The molecule has 0 heteroatoms. The van der Waals surface area contributed by atoms with E-state index in [1.165, 1.54) is 11.8 Å². The molecule has 0 aromatic heterocycles. The Kier molecular flexibility index (Phi) is 0.898. The summed E-state index contributed by atoms with van der Waals surface area (Å²) >= 11 is 0. The number of hydrogen-bond acceptors (Lipinski definition) is 0. The van der Waals surface area contributed by atoms with Gasteiger partial charge in [-0.25, -0.2) is 0 Å². The molecule has 0 heterocycles. The Balaban J connectivity index is 2.02. The first kappa shape index (κ1) is 5.62. The van der Waals surface area contributed by atoms with Crippen LogP contribution < -0.4 is 0 Å². The zero-order chi connectivity index (χ0) is 6.60. The number of hydrogen-bond donors (Lipinski definition) is 0. The minimum Gasteiger partial charge on any atom is -0.0525 e. The molecule has 3 saturated carbocycles. The highest BCUT2D eigenvalue weighted by atomic mass is 14.6. The smallest absolute Gasteiger partial charge is 0.0266 e. The summed E-state index contributed by atoms with van der Waals surface area (Å²) in [6.07, 6.45) is 11.1. The average Bonchev–Trinajstić information content (AvgIpc) is 2.49. The molecule has 3 fully saturated rings. The van der Waals surface area contributed by atoms with Crippen LogP contribution in [0.2, 0.25) is 0 Å². The highest BCUT2D eigenvalue weighted by Gasteiger charge is 2.54. The van der Waals surface area contributed by atoms with Gasteiger partial charge in [0.15, 0.2) is 0 Å². The molecule has 0 amide bonds. The van der Waals surface area contributed by atoms with Crippen molar-refractivity contribution in [3.05, 3.63) is 0 Å². The van der Waals surface area contributed by atoms with E-state index in [-0.39, 0.29) is 0 Å². The van der Waals surface area contributed by atoms with E-state index in [0.717, 1.165) is 5.41 Å². The quantitative estimate of drug-likeness (QED) is 0.480. The third-order valence-electron chi connectivity index (χ3n) is 4.57. The average molecular weight is 136 g/mol. The van der Waals surface area contributed by atoms with E-state index in [9.17, 15) is 0 Å². The lowest BCUT2D eigenvalue weighted by molar-refractivity contribution is 0.262. The van der Waals surface area contributed by atoms with Crippen molar-refractivity contribution < 1.29 is 0 Å². The molecule has 3 aliphatic carbocycles. The van der Waals surface area contributed by atoms with Gasteiger partial charge in [0.1, 0.15) is 0 Å². The van der Waals surface area contributed by atoms with Gasteiger partial charge in [0.25, 0.3) is 0 Å². The van der Waals surface area contributed by atoms with Crippen LogP contribution in [0.25, 0.3) is 0 Å². The van der Waals surface area contributed by atoms with Gasteiger partial charge in [-0.3, -0.25) is 0 Å². The molecule has 10 heavy (non-hydrogen) atoms. The lowest BCUT2D eigenvalue weighted by atomic mass is 9.81. The highest BCUT2D eigenvalue weighted by molar-refractivity contribution is 5.05. The molecule has 1 atom stereocenters. The van der Waals surface area contributed by atoms with Gasteiger partial charge in [0.2, 0.25) is 0 Å². The third-order valence-corrected chi connectivity index (χ3v) is 4.57. The van der Waals surface area contributed by atoms with Crippen molar-refractivity contribution in [3.63, 3.8) is 0 Å². The largest absolute Gasteiger partial charge is 0.0525 e. The summed E-state index contributed by atoms with van der Waals surface area (Å²) in [4.78, 5) is 0. The van der Waals surface area contributed by atoms with Gasteiger partial charge >= 0.3 is 0 Å². The molecule has 0 aromatic carbocycles. The third kappa shape index (κ3) is 0.466. The highest BCUT2D eigenvalue weighted by Crippen LogP contribution is 2.65. The summed E-state index contributed by atoms with van der Waals surface area (Å²) in [5.74, 6) is 2.38. The Hall–Kier alpha value is 0. The molecule has 1 unspecified atom stereocenters. The van der Waals surface area contributed by atoms with E-state index in [1.807, 2.05) is 0 Å². The summed E-state index contributed by atoms with van der Waals surface area (Å²) in [6, 6.07) is 0. The molecule has 0 aliphatic heterocycles. The minimum absolute atomic E-state index is 0.921. The molecule has 0 nitrogen and oxygen atoms in total. The maximum atomic E-state index is 1.60. The second-order valence-corrected chi connectivity index (χ2v) is 4.70. The predicted molar refractivity (Wildman–Crippen MR) is 41.7 cm³/mol. The molecule has 0 saturated heterocycles. The second kappa shape index (κ2) is 1.60. The molecule has 2 bridgehead atoms. The van der Waals surface area contributed by atoms with E-state index in [4.69, 9.17) is 0 Å². The van der Waals surface area contributed by atoms with Gasteiger partial charge in [0.05, 0.1) is 0 Å². The summed E-state index contributed by atoms with van der Waals surface area (Å²) < 4.78 is 0. The normalized spacial score (nSPS) is 57.6. The standard InChI is InChI=1S/C10H16/c1-2-9-8-3-6-10(9,5-1)7-4-8/h8-9H,1-7H2. The van der Waals surface area contributed by atoms with E-state index in [1.54, 1.807) is 44.9 Å². The van der Waals surface area contributed by atoms with Crippen molar-refractivity contribution in [2.24, 2.45) is 17.3 Å². The van der Waals surface area contributed by atoms with Gasteiger partial charge < -0.3 is 0 Å². The van der Waals surface area contributed by atoms with Crippen LogP contribution in [-0.4, -0.2) is 0 Å². The maximum Gasteiger partial charge on any atom is -0.0266 e. The zero-order valence-electron chi connectivity index (χ0n) is 6.60. The Morgan fingerprint density at radius 2 is 1.70 bits per heavy atom. The van der Waals surface area contributed by atoms with Crippen LogP contribution in [0, 0.1) is 17.3 Å². The van der Waals surface area contributed by atoms with Gasteiger partial charge in [-0.2, -0.15) is 0 Å². The molecular formula is C10H16. The second-order valence-electron chi connectivity index (χ2n) is 4.70. The molecule has 56 valence electrons. The molecule has 3 aliphatic rings. The topological polar surface area (TPSA) is 0 Å². The fourth-order valence-electron chi connectivity index (χ4n) is 4.14. The molecule has 0 aromatic rings. The first-order chi connectivity index (χ1) is 4.91. The lowest BCUT2D eigenvalue weighted by Crippen LogP contribution is -2.14. The Labute approximate surface area is 63.0 Å². The first-order valence-corrected chi connectivity index (χ1v) is 4.91. The SMILES string of the molecule is C1CC2C3CCC2(C1)CC3. The van der Waals surface area contributed by atoms with Crippen LogP contribution >= 0.6 is 0 Å². The Morgan fingerprint density at radius 3 is 2.40 bits per heavy atom. The van der Waals surface area contributed by atoms with E-state index in [0.29, 0.717) is 0 Å². The van der Waals surface area contributed by atoms with Crippen molar-refractivity contribution in [1.82, 2.24) is 0 Å². The van der Waals surface area contributed by atoms with Crippen LogP contribution in [-0.2, 0) is 0 Å². The molecule has 3 rings (SSSR count). The Morgan fingerprint density at radius 1 is 0.900 bits per heavy atom. The molecule has 0 spiro atoms. The molecule has 0 radical (unpaired) electrons. The van der Waals surface area contributed by atoms with Gasteiger partial charge in [0, 0.05) is 0 Å². The van der Waals surface area contributed by atoms with Crippen molar-refractivity contribution in [2.75, 3.05) is 0 Å². The van der Waals surface area contributed by atoms with Gasteiger partial charge in [-0.05, 0) is 55.8 Å². The van der Waals surface area contributed by atoms with Crippen molar-refractivity contribution >= 4 is 0 Å². The summed E-state index contributed by atoms with van der Waals surface area (Å²) in [6.45, 7) is 0. The molecule has 0 N–H and O–H groups in total. The van der Waals surface area contributed by atoms with E-state index < -0.39 is 0 Å². The summed E-state index contributed by atoms with van der Waals surface area (Å²) in [7, 11) is 0. The number of rotatable bonds is 0. The van der Waals surface area contributed by atoms with Crippen LogP contribution in [0.15, 0.2) is 0 Å². The van der Waals surface area contributed by atoms with Crippen molar-refractivity contribution in [1.29, 1.82) is 0 Å². The minimum atomic E-state index is 0.921. The summed E-state index contributed by atoms with van der Waals surface area (Å²) in [5, 5.41) is 0. The Bertz CT molecular complexity index is 146. The lowest BCUT2D eigenvalue weighted by Gasteiger charge is -2.24. The summed E-state index contributed by atoms with van der Waals surface area (Å²) in [5.41, 5.74) is 0.921. The molecular weight excluding hydrogens is 120 g/mol. The van der Waals surface area contributed by atoms with Crippen LogP contribution in [0.1, 0.15) is 44.9 Å². The predicted octanol–water partition coefficient (Wildman–Crippen LogP) is 2.98. The van der Waals surface area contributed by atoms with Gasteiger partial charge in [-0.15, -0.1) is 0 Å². The maximum absolute atomic E-state index is 1.60. The van der Waals surface area contributed by atoms with E-state index in [2.05, 4.69) is 0 Å². The van der Waals surface area contributed by atoms with Crippen LogP contribution in [0.3, 0.4) is 0 Å². The monoisotopic (exact) mass is 136 g/mol. The van der Waals surface area contributed by atoms with E-state index >= 15 is 0 Å². The van der Waals surface area contributed by atoms with Crippen molar-refractivity contribution in [3.8, 4) is 0 Å². The van der Waals surface area contributed by atoms with Crippen LogP contribution in [0.5, 0.6) is 0 Å². The fourth-order valence-corrected chi connectivity index (χ4v) is 4.14. The fraction of sp³-hybridized carbons (Fsp3) is 1.00. The zero-order valence-corrected chi connectivity index (χ0v) is 6.60. The van der Waals surface area contributed by atoms with Gasteiger partial charge in [-0.1, -0.05) is 6.42 Å².